The topological polar surface area (TPSA) is 99.7 Å². The maximum absolute atomic E-state index is 13.0. The van der Waals surface area contributed by atoms with E-state index in [1.165, 1.54) is 12.1 Å². The number of carbonyl (C=O) groups excluding carboxylic acids is 2. The number of hydrogen-bond acceptors (Lipinski definition) is 5. The molecule has 0 heterocycles. The van der Waals surface area contributed by atoms with Crippen LogP contribution >= 0.6 is 0 Å². The number of aliphatic hydroxyl groups is 1. The summed E-state index contributed by atoms with van der Waals surface area (Å²) in [4.78, 5) is 23.9. The fourth-order valence-corrected chi connectivity index (χ4v) is 2.29. The first-order valence-electron chi connectivity index (χ1n) is 8.90. The van der Waals surface area contributed by atoms with E-state index >= 15 is 0 Å². The minimum atomic E-state index is -0.639. The average Bonchev–Trinajstić information content (AvgIpc) is 2.68. The second-order valence-electron chi connectivity index (χ2n) is 6.16. The normalized spacial score (nSPS) is 11.4. The Morgan fingerprint density at radius 2 is 1.82 bits per heavy atom. The van der Waals surface area contributed by atoms with Crippen LogP contribution in [0.5, 0.6) is 0 Å². The SMILES string of the molecule is CCOC(=O)Nc1ccc(NCc2ccc(F)cc2)cc1NC(=O)[C@H](C)CO. The molecule has 0 fully saturated rings. The van der Waals surface area contributed by atoms with Crippen LogP contribution in [0.4, 0.5) is 26.2 Å². The summed E-state index contributed by atoms with van der Waals surface area (Å²) in [7, 11) is 0. The molecule has 0 radical (unpaired) electrons. The van der Waals surface area contributed by atoms with E-state index in [9.17, 15) is 14.0 Å². The molecular weight excluding hydrogens is 365 g/mol. The number of benzene rings is 2. The van der Waals surface area contributed by atoms with Crippen LogP contribution in [0.15, 0.2) is 42.5 Å². The minimum absolute atomic E-state index is 0.215. The number of halogens is 1. The quantitative estimate of drug-likeness (QED) is 0.553. The molecule has 0 aliphatic rings. The average molecular weight is 389 g/mol. The van der Waals surface area contributed by atoms with E-state index < -0.39 is 12.0 Å². The van der Waals surface area contributed by atoms with Crippen molar-refractivity contribution in [3.8, 4) is 0 Å². The van der Waals surface area contributed by atoms with Gasteiger partial charge in [-0.15, -0.1) is 0 Å². The number of ether oxygens (including phenoxy) is 1. The number of hydrogen-bond donors (Lipinski definition) is 4. The highest BCUT2D eigenvalue weighted by Gasteiger charge is 2.15. The van der Waals surface area contributed by atoms with Crippen LogP contribution in [0.1, 0.15) is 19.4 Å². The van der Waals surface area contributed by atoms with Crippen LogP contribution in [-0.4, -0.2) is 30.3 Å². The van der Waals surface area contributed by atoms with E-state index in [4.69, 9.17) is 9.84 Å². The van der Waals surface area contributed by atoms with Crippen molar-refractivity contribution in [1.82, 2.24) is 0 Å². The van der Waals surface area contributed by atoms with Crippen molar-refractivity contribution in [2.45, 2.75) is 20.4 Å². The molecule has 8 heteroatoms. The van der Waals surface area contributed by atoms with Gasteiger partial charge in [-0.3, -0.25) is 10.1 Å². The summed E-state index contributed by atoms with van der Waals surface area (Å²) in [5.74, 6) is -1.29. The van der Waals surface area contributed by atoms with E-state index in [1.807, 2.05) is 0 Å². The molecule has 0 aliphatic carbocycles. The van der Waals surface area contributed by atoms with Crippen LogP contribution in [0.2, 0.25) is 0 Å². The first-order chi connectivity index (χ1) is 13.4. The molecule has 0 saturated carbocycles. The minimum Gasteiger partial charge on any atom is -0.450 e. The zero-order valence-electron chi connectivity index (χ0n) is 15.8. The molecule has 4 N–H and O–H groups in total. The Balaban J connectivity index is 2.17. The number of anilines is 3. The van der Waals surface area contributed by atoms with E-state index in [2.05, 4.69) is 16.0 Å². The second kappa shape index (κ2) is 10.3. The van der Waals surface area contributed by atoms with Gasteiger partial charge in [0.25, 0.3) is 0 Å². The van der Waals surface area contributed by atoms with Gasteiger partial charge in [-0.05, 0) is 42.8 Å². The first-order valence-corrected chi connectivity index (χ1v) is 8.90. The van der Waals surface area contributed by atoms with Crippen molar-refractivity contribution in [3.05, 3.63) is 53.8 Å². The lowest BCUT2D eigenvalue weighted by atomic mass is 10.1. The standard InChI is InChI=1S/C20H24FN3O4/c1-3-28-20(27)24-17-9-8-16(10-18(17)23-19(26)13(2)12-25)22-11-14-4-6-15(21)7-5-14/h4-10,13,22,25H,3,11-12H2,1-2H3,(H,23,26)(H,24,27)/t13-/m1/s1. The molecule has 0 aliphatic heterocycles. The lowest BCUT2D eigenvalue weighted by Crippen LogP contribution is -2.24. The molecule has 1 atom stereocenters. The Morgan fingerprint density at radius 3 is 2.46 bits per heavy atom. The summed E-state index contributed by atoms with van der Waals surface area (Å²) in [5, 5.41) is 17.6. The molecule has 0 bridgehead atoms. The van der Waals surface area contributed by atoms with Crippen molar-refractivity contribution < 1.29 is 23.8 Å². The molecule has 0 aromatic heterocycles. The van der Waals surface area contributed by atoms with Gasteiger partial charge < -0.3 is 20.5 Å². The Morgan fingerprint density at radius 1 is 1.11 bits per heavy atom. The van der Waals surface area contributed by atoms with Crippen LogP contribution in [0.3, 0.4) is 0 Å². The molecule has 0 unspecified atom stereocenters. The molecule has 0 spiro atoms. The summed E-state index contributed by atoms with van der Waals surface area (Å²) in [6, 6.07) is 11.1. The van der Waals surface area contributed by atoms with Crippen molar-refractivity contribution in [2.24, 2.45) is 5.92 Å². The molecule has 2 rings (SSSR count). The monoisotopic (exact) mass is 389 g/mol. The van der Waals surface area contributed by atoms with E-state index in [0.717, 1.165) is 5.56 Å². The summed E-state index contributed by atoms with van der Waals surface area (Å²) in [6.45, 7) is 3.64. The van der Waals surface area contributed by atoms with Gasteiger partial charge in [0.1, 0.15) is 5.82 Å². The number of nitrogens with one attached hydrogen (secondary N) is 3. The van der Waals surface area contributed by atoms with Crippen molar-refractivity contribution in [2.75, 3.05) is 29.2 Å². The fraction of sp³-hybridized carbons (Fsp3) is 0.300. The number of amides is 2. The van der Waals surface area contributed by atoms with Gasteiger partial charge in [0.15, 0.2) is 0 Å². The van der Waals surface area contributed by atoms with Crippen LogP contribution < -0.4 is 16.0 Å². The van der Waals surface area contributed by atoms with Crippen LogP contribution in [0, 0.1) is 11.7 Å². The Bertz CT molecular complexity index is 812. The third-order valence-corrected chi connectivity index (χ3v) is 3.92. The van der Waals surface area contributed by atoms with Gasteiger partial charge in [0.05, 0.1) is 30.5 Å². The number of aliphatic hydroxyl groups excluding tert-OH is 1. The van der Waals surface area contributed by atoms with E-state index in [1.54, 1.807) is 44.2 Å². The summed E-state index contributed by atoms with van der Waals surface area (Å²) >= 11 is 0. The second-order valence-corrected chi connectivity index (χ2v) is 6.16. The van der Waals surface area contributed by atoms with E-state index in [-0.39, 0.29) is 24.9 Å². The fourth-order valence-electron chi connectivity index (χ4n) is 2.29. The van der Waals surface area contributed by atoms with Gasteiger partial charge in [0.2, 0.25) is 5.91 Å². The highest BCUT2D eigenvalue weighted by Crippen LogP contribution is 2.27. The summed E-state index contributed by atoms with van der Waals surface area (Å²) in [6.07, 6.45) is -0.639. The lowest BCUT2D eigenvalue weighted by molar-refractivity contribution is -0.120. The number of carbonyl (C=O) groups is 2. The molecule has 0 saturated heterocycles. The molecular formula is C20H24FN3O4. The van der Waals surface area contributed by atoms with Crippen LogP contribution in [-0.2, 0) is 16.1 Å². The molecule has 28 heavy (non-hydrogen) atoms. The smallest absolute Gasteiger partial charge is 0.411 e. The zero-order chi connectivity index (χ0) is 20.5. The Kier molecular flexibility index (Phi) is 7.76. The summed E-state index contributed by atoms with van der Waals surface area (Å²) in [5.41, 5.74) is 2.30. The predicted octanol–water partition coefficient (Wildman–Crippen LogP) is 3.57. The molecule has 2 amide bonds. The van der Waals surface area contributed by atoms with Crippen molar-refractivity contribution in [1.29, 1.82) is 0 Å². The Labute approximate surface area is 162 Å². The Hall–Kier alpha value is -3.13. The molecule has 7 nitrogen and oxygen atoms in total. The van der Waals surface area contributed by atoms with Crippen LogP contribution in [0.25, 0.3) is 0 Å². The van der Waals surface area contributed by atoms with Crippen molar-refractivity contribution >= 4 is 29.1 Å². The third-order valence-electron chi connectivity index (χ3n) is 3.92. The zero-order valence-corrected chi connectivity index (χ0v) is 15.8. The van der Waals surface area contributed by atoms with Gasteiger partial charge in [-0.25, -0.2) is 9.18 Å². The number of rotatable bonds is 8. The molecule has 2 aromatic rings. The summed E-state index contributed by atoms with van der Waals surface area (Å²) < 4.78 is 17.9. The maximum Gasteiger partial charge on any atom is 0.411 e. The highest BCUT2D eigenvalue weighted by atomic mass is 19.1. The van der Waals surface area contributed by atoms with Gasteiger partial charge in [-0.2, -0.15) is 0 Å². The van der Waals surface area contributed by atoms with Gasteiger partial charge in [0, 0.05) is 12.2 Å². The van der Waals surface area contributed by atoms with Gasteiger partial charge in [-0.1, -0.05) is 19.1 Å². The maximum atomic E-state index is 13.0. The first kappa shape index (κ1) is 21.2. The largest absolute Gasteiger partial charge is 0.450 e. The highest BCUT2D eigenvalue weighted by molar-refractivity contribution is 5.99. The van der Waals surface area contributed by atoms with Gasteiger partial charge >= 0.3 is 6.09 Å². The molecule has 150 valence electrons. The molecule has 2 aromatic carbocycles. The van der Waals surface area contributed by atoms with E-state index in [0.29, 0.717) is 23.6 Å². The predicted molar refractivity (Wildman–Crippen MR) is 106 cm³/mol. The van der Waals surface area contributed by atoms with Crippen molar-refractivity contribution in [3.63, 3.8) is 0 Å². The lowest BCUT2D eigenvalue weighted by Gasteiger charge is -2.16. The third kappa shape index (κ3) is 6.24.